The molecule has 0 atom stereocenters. The molecule has 3 heterocycles. The Kier molecular flexibility index (Phi) is 5.55. The van der Waals surface area contributed by atoms with Crippen LogP contribution in [0, 0.1) is 0 Å². The van der Waals surface area contributed by atoms with Gasteiger partial charge in [0.1, 0.15) is 17.8 Å². The maximum absolute atomic E-state index is 12.3. The number of hydrogen-bond acceptors (Lipinski definition) is 6. The molecule has 0 bridgehead atoms. The molecular formula is C15H23N7O2. The van der Waals surface area contributed by atoms with Gasteiger partial charge in [-0.25, -0.2) is 4.98 Å². The van der Waals surface area contributed by atoms with Crippen molar-refractivity contribution in [2.24, 2.45) is 0 Å². The average Bonchev–Trinajstić information content (AvgIpc) is 3.14. The fraction of sp³-hybridized carbons (Fsp3) is 0.600. The number of amides is 1. The van der Waals surface area contributed by atoms with E-state index >= 15 is 0 Å². The number of rotatable bonds is 7. The molecule has 9 nitrogen and oxygen atoms in total. The number of ether oxygens (including phenoxy) is 1. The lowest BCUT2D eigenvalue weighted by atomic mass is 10.4. The summed E-state index contributed by atoms with van der Waals surface area (Å²) in [4.78, 5) is 16.8. The van der Waals surface area contributed by atoms with Gasteiger partial charge in [0.15, 0.2) is 5.82 Å². The lowest BCUT2D eigenvalue weighted by Crippen LogP contribution is -2.25. The minimum Gasteiger partial charge on any atom is -0.385 e. The van der Waals surface area contributed by atoms with Gasteiger partial charge in [-0.3, -0.25) is 4.79 Å². The Morgan fingerprint density at radius 2 is 2.38 bits per heavy atom. The second-order valence-corrected chi connectivity index (χ2v) is 5.71. The van der Waals surface area contributed by atoms with Gasteiger partial charge in [-0.15, -0.1) is 10.2 Å². The molecule has 0 spiro atoms. The molecule has 1 amide bonds. The van der Waals surface area contributed by atoms with Gasteiger partial charge in [-0.1, -0.05) is 0 Å². The van der Waals surface area contributed by atoms with Crippen LogP contribution in [0.15, 0.2) is 12.5 Å². The number of aromatic nitrogens is 5. The number of methoxy groups -OCH3 is 1. The summed E-state index contributed by atoms with van der Waals surface area (Å²) in [5.74, 6) is 1.49. The summed E-state index contributed by atoms with van der Waals surface area (Å²) in [7, 11) is 1.68. The van der Waals surface area contributed by atoms with Gasteiger partial charge in [0, 0.05) is 52.5 Å². The summed E-state index contributed by atoms with van der Waals surface area (Å²) in [6, 6.07) is 0. The van der Waals surface area contributed by atoms with E-state index in [9.17, 15) is 4.79 Å². The Balaban J connectivity index is 1.57. The molecule has 0 saturated carbocycles. The van der Waals surface area contributed by atoms with Crippen molar-refractivity contribution in [2.75, 3.05) is 26.8 Å². The van der Waals surface area contributed by atoms with Gasteiger partial charge >= 0.3 is 0 Å². The Morgan fingerprint density at radius 1 is 1.46 bits per heavy atom. The maximum Gasteiger partial charge on any atom is 0.271 e. The van der Waals surface area contributed by atoms with Crippen LogP contribution >= 0.6 is 0 Å². The number of nitrogens with zero attached hydrogens (tertiary/aromatic N) is 5. The third kappa shape index (κ3) is 3.98. The largest absolute Gasteiger partial charge is 0.385 e. The second-order valence-electron chi connectivity index (χ2n) is 5.71. The molecule has 130 valence electrons. The van der Waals surface area contributed by atoms with E-state index in [1.54, 1.807) is 13.4 Å². The topological polar surface area (TPSA) is 98.9 Å². The quantitative estimate of drug-likeness (QED) is 0.668. The van der Waals surface area contributed by atoms with Crippen molar-refractivity contribution < 1.29 is 9.53 Å². The van der Waals surface area contributed by atoms with Crippen molar-refractivity contribution in [2.45, 2.75) is 32.5 Å². The highest BCUT2D eigenvalue weighted by atomic mass is 16.5. The predicted octanol–water partition coefficient (Wildman–Crippen LogP) is -0.413. The summed E-state index contributed by atoms with van der Waals surface area (Å²) in [5, 5.41) is 14.2. The number of fused-ring (bicyclic) bond motifs is 1. The molecule has 24 heavy (non-hydrogen) atoms. The van der Waals surface area contributed by atoms with Crippen molar-refractivity contribution in [3.8, 4) is 0 Å². The van der Waals surface area contributed by atoms with Crippen molar-refractivity contribution in [1.29, 1.82) is 0 Å². The van der Waals surface area contributed by atoms with E-state index in [0.717, 1.165) is 50.7 Å². The van der Waals surface area contributed by atoms with Gasteiger partial charge in [-0.05, 0) is 6.42 Å². The molecule has 1 aliphatic heterocycles. The van der Waals surface area contributed by atoms with Crippen LogP contribution in [0.2, 0.25) is 0 Å². The highest BCUT2D eigenvalue weighted by Crippen LogP contribution is 2.07. The van der Waals surface area contributed by atoms with Crippen molar-refractivity contribution in [1.82, 2.24) is 34.9 Å². The molecule has 2 N–H and O–H groups in total. The van der Waals surface area contributed by atoms with E-state index in [-0.39, 0.29) is 5.91 Å². The lowest BCUT2D eigenvalue weighted by molar-refractivity contribution is 0.0944. The molecule has 9 heteroatoms. The summed E-state index contributed by atoms with van der Waals surface area (Å²) in [6.45, 7) is 4.40. The first-order chi connectivity index (χ1) is 11.8. The Bertz CT molecular complexity index is 656. The molecular weight excluding hydrogens is 310 g/mol. The summed E-state index contributed by atoms with van der Waals surface area (Å²) >= 11 is 0. The first-order valence-corrected chi connectivity index (χ1v) is 8.18. The van der Waals surface area contributed by atoms with Gasteiger partial charge < -0.3 is 24.5 Å². The molecule has 1 aliphatic rings. The van der Waals surface area contributed by atoms with Gasteiger partial charge in [-0.2, -0.15) is 0 Å². The SMILES string of the molecule is COCCCn1cnnc1CNC(=O)c1cn2c(n1)CCNCC2. The zero-order chi connectivity index (χ0) is 16.8. The van der Waals surface area contributed by atoms with E-state index in [2.05, 4.69) is 25.8 Å². The third-order valence-electron chi connectivity index (χ3n) is 4.00. The smallest absolute Gasteiger partial charge is 0.271 e. The van der Waals surface area contributed by atoms with Crippen LogP contribution in [0.1, 0.15) is 28.6 Å². The normalized spacial score (nSPS) is 14.2. The van der Waals surface area contributed by atoms with Crippen molar-refractivity contribution >= 4 is 5.91 Å². The molecule has 3 rings (SSSR count). The fourth-order valence-electron chi connectivity index (χ4n) is 2.71. The van der Waals surface area contributed by atoms with Crippen LogP contribution in [0.5, 0.6) is 0 Å². The number of aryl methyl sites for hydroxylation is 1. The van der Waals surface area contributed by atoms with E-state index < -0.39 is 0 Å². The zero-order valence-electron chi connectivity index (χ0n) is 13.9. The van der Waals surface area contributed by atoms with Gasteiger partial charge in [0.2, 0.25) is 0 Å². The molecule has 0 aliphatic carbocycles. The zero-order valence-corrected chi connectivity index (χ0v) is 13.9. The molecule has 0 fully saturated rings. The van der Waals surface area contributed by atoms with E-state index in [1.165, 1.54) is 0 Å². The molecule has 2 aromatic rings. The van der Waals surface area contributed by atoms with Crippen LogP contribution in [0.25, 0.3) is 0 Å². The predicted molar refractivity (Wildman–Crippen MR) is 86.5 cm³/mol. The number of hydrogen-bond donors (Lipinski definition) is 2. The Hall–Kier alpha value is -2.26. The average molecular weight is 333 g/mol. The standard InChI is InChI=1S/C15H23N7O2/c1-24-8-2-6-22-11-18-20-14(22)9-17-15(23)12-10-21-7-5-16-4-3-13(21)19-12/h10-11,16H,2-9H2,1H3,(H,17,23). The first-order valence-electron chi connectivity index (χ1n) is 8.18. The second kappa shape index (κ2) is 8.02. The van der Waals surface area contributed by atoms with Crippen LogP contribution in [0.4, 0.5) is 0 Å². The van der Waals surface area contributed by atoms with Crippen molar-refractivity contribution in [3.05, 3.63) is 29.9 Å². The minimum absolute atomic E-state index is 0.185. The molecule has 2 aromatic heterocycles. The molecule has 0 radical (unpaired) electrons. The van der Waals surface area contributed by atoms with E-state index in [4.69, 9.17) is 4.74 Å². The minimum atomic E-state index is -0.185. The summed E-state index contributed by atoms with van der Waals surface area (Å²) < 4.78 is 9.01. The highest BCUT2D eigenvalue weighted by molar-refractivity contribution is 5.92. The highest BCUT2D eigenvalue weighted by Gasteiger charge is 2.16. The summed E-state index contributed by atoms with van der Waals surface area (Å²) in [5.41, 5.74) is 0.456. The molecule has 0 aromatic carbocycles. The fourth-order valence-corrected chi connectivity index (χ4v) is 2.71. The number of imidazole rings is 1. The van der Waals surface area contributed by atoms with Crippen LogP contribution in [0.3, 0.4) is 0 Å². The Labute approximate surface area is 140 Å². The van der Waals surface area contributed by atoms with Crippen LogP contribution < -0.4 is 10.6 Å². The molecule has 0 saturated heterocycles. The third-order valence-corrected chi connectivity index (χ3v) is 4.00. The Morgan fingerprint density at radius 3 is 3.25 bits per heavy atom. The number of nitrogens with one attached hydrogen (secondary N) is 2. The monoisotopic (exact) mass is 333 g/mol. The lowest BCUT2D eigenvalue weighted by Gasteiger charge is -2.07. The van der Waals surface area contributed by atoms with Crippen LogP contribution in [-0.4, -0.2) is 57.0 Å². The van der Waals surface area contributed by atoms with E-state index in [0.29, 0.717) is 18.8 Å². The van der Waals surface area contributed by atoms with Gasteiger partial charge in [0.25, 0.3) is 5.91 Å². The van der Waals surface area contributed by atoms with E-state index in [1.807, 2.05) is 15.3 Å². The summed E-state index contributed by atoms with van der Waals surface area (Å²) in [6.07, 6.45) is 5.20. The molecule has 0 unspecified atom stereocenters. The first kappa shape index (κ1) is 16.6. The number of carbonyl (C=O) groups excluding carboxylic acids is 1. The number of carbonyl (C=O) groups is 1. The van der Waals surface area contributed by atoms with Crippen LogP contribution in [-0.2, 0) is 30.8 Å². The maximum atomic E-state index is 12.3. The van der Waals surface area contributed by atoms with Gasteiger partial charge in [0.05, 0.1) is 6.54 Å². The van der Waals surface area contributed by atoms with Crippen molar-refractivity contribution in [3.63, 3.8) is 0 Å².